The lowest BCUT2D eigenvalue weighted by Crippen LogP contribution is -2.46. The monoisotopic (exact) mass is 291 g/mol. The van der Waals surface area contributed by atoms with Crippen LogP contribution < -0.4 is 4.74 Å². The van der Waals surface area contributed by atoms with Crippen molar-refractivity contribution in [3.63, 3.8) is 0 Å². The number of benzene rings is 1. The van der Waals surface area contributed by atoms with E-state index in [1.807, 2.05) is 32.0 Å². The van der Waals surface area contributed by atoms with Crippen LogP contribution in [0.1, 0.15) is 30.9 Å². The zero-order valence-electron chi connectivity index (χ0n) is 12.6. The highest BCUT2D eigenvalue weighted by atomic mass is 16.5. The number of hydrogen-bond acceptors (Lipinski definition) is 3. The maximum atomic E-state index is 12.3. The van der Waals surface area contributed by atoms with E-state index in [9.17, 15) is 9.59 Å². The van der Waals surface area contributed by atoms with Gasteiger partial charge in [-0.2, -0.15) is 0 Å². The summed E-state index contributed by atoms with van der Waals surface area (Å²) in [5.41, 5.74) is 2.01. The third kappa shape index (κ3) is 3.74. The van der Waals surface area contributed by atoms with Crippen LogP contribution in [0.15, 0.2) is 18.2 Å². The predicted octanol–water partition coefficient (Wildman–Crippen LogP) is 2.15. The fourth-order valence-corrected chi connectivity index (χ4v) is 2.28. The van der Waals surface area contributed by atoms with Gasteiger partial charge >= 0.3 is 5.97 Å². The number of carbonyl (C=O) groups is 2. The summed E-state index contributed by atoms with van der Waals surface area (Å²) in [7, 11) is 0. The van der Waals surface area contributed by atoms with Crippen molar-refractivity contribution in [2.24, 2.45) is 0 Å². The van der Waals surface area contributed by atoms with Gasteiger partial charge in [0.05, 0.1) is 0 Å². The molecule has 1 aromatic carbocycles. The van der Waals surface area contributed by atoms with Crippen LogP contribution in [0, 0.1) is 13.8 Å². The molecule has 1 atom stereocenters. The van der Waals surface area contributed by atoms with E-state index >= 15 is 0 Å². The van der Waals surface area contributed by atoms with Crippen molar-refractivity contribution < 1.29 is 19.4 Å². The van der Waals surface area contributed by atoms with Gasteiger partial charge in [-0.15, -0.1) is 0 Å². The number of carboxylic acids is 1. The molecule has 5 nitrogen and oxygen atoms in total. The third-order valence-electron chi connectivity index (χ3n) is 3.70. The van der Waals surface area contributed by atoms with Crippen LogP contribution in [0.5, 0.6) is 5.75 Å². The molecule has 0 bridgehead atoms. The van der Waals surface area contributed by atoms with Crippen LogP contribution in [-0.2, 0) is 9.59 Å². The maximum Gasteiger partial charge on any atom is 0.326 e. The van der Waals surface area contributed by atoms with Crippen LogP contribution in [0.25, 0.3) is 0 Å². The van der Waals surface area contributed by atoms with E-state index < -0.39 is 12.0 Å². The van der Waals surface area contributed by atoms with Crippen molar-refractivity contribution in [3.05, 3.63) is 29.3 Å². The number of hydrogen-bond donors (Lipinski definition) is 1. The summed E-state index contributed by atoms with van der Waals surface area (Å²) in [5.74, 6) is -0.586. The van der Waals surface area contributed by atoms with Gasteiger partial charge in [0, 0.05) is 6.04 Å². The first-order valence-corrected chi connectivity index (χ1v) is 7.14. The average molecular weight is 291 g/mol. The largest absolute Gasteiger partial charge is 0.483 e. The molecular formula is C16H21NO4. The summed E-state index contributed by atoms with van der Waals surface area (Å²) in [6.45, 7) is 5.28. The second-order valence-electron chi connectivity index (χ2n) is 5.60. The van der Waals surface area contributed by atoms with Gasteiger partial charge in [0.15, 0.2) is 6.61 Å². The smallest absolute Gasteiger partial charge is 0.326 e. The topological polar surface area (TPSA) is 66.8 Å². The van der Waals surface area contributed by atoms with Gasteiger partial charge in [-0.1, -0.05) is 12.1 Å². The number of amides is 1. The van der Waals surface area contributed by atoms with Crippen molar-refractivity contribution in [3.8, 4) is 5.75 Å². The Morgan fingerprint density at radius 2 is 2.05 bits per heavy atom. The van der Waals surface area contributed by atoms with E-state index in [4.69, 9.17) is 9.84 Å². The molecule has 5 heteroatoms. The molecule has 1 aromatic rings. The van der Waals surface area contributed by atoms with Gasteiger partial charge in [0.1, 0.15) is 11.8 Å². The minimum absolute atomic E-state index is 0.0470. The second-order valence-corrected chi connectivity index (χ2v) is 5.60. The first-order chi connectivity index (χ1) is 9.90. The van der Waals surface area contributed by atoms with Crippen molar-refractivity contribution >= 4 is 11.9 Å². The summed E-state index contributed by atoms with van der Waals surface area (Å²) < 4.78 is 5.58. The molecular weight excluding hydrogens is 270 g/mol. The molecule has 0 aromatic heterocycles. The van der Waals surface area contributed by atoms with Crippen molar-refractivity contribution in [1.29, 1.82) is 0 Å². The minimum Gasteiger partial charge on any atom is -0.483 e. The predicted molar refractivity (Wildman–Crippen MR) is 78.4 cm³/mol. The van der Waals surface area contributed by atoms with E-state index in [1.165, 1.54) is 11.8 Å². The minimum atomic E-state index is -0.984. The Hall–Kier alpha value is -2.04. The van der Waals surface area contributed by atoms with E-state index in [2.05, 4.69) is 0 Å². The molecule has 0 spiro atoms. The second kappa shape index (κ2) is 6.16. The zero-order chi connectivity index (χ0) is 15.6. The maximum absolute atomic E-state index is 12.3. The molecule has 0 heterocycles. The number of aliphatic carboxylic acids is 1. The Bertz CT molecular complexity index is 551. The van der Waals surface area contributed by atoms with Crippen LogP contribution in [0.4, 0.5) is 0 Å². The molecule has 21 heavy (non-hydrogen) atoms. The van der Waals surface area contributed by atoms with E-state index in [-0.39, 0.29) is 18.6 Å². The van der Waals surface area contributed by atoms with Crippen LogP contribution in [0.2, 0.25) is 0 Å². The Balaban J connectivity index is 2.02. The Kier molecular flexibility index (Phi) is 4.50. The highest BCUT2D eigenvalue weighted by Crippen LogP contribution is 2.29. The van der Waals surface area contributed by atoms with Gasteiger partial charge in [-0.3, -0.25) is 4.79 Å². The van der Waals surface area contributed by atoms with Gasteiger partial charge < -0.3 is 14.7 Å². The van der Waals surface area contributed by atoms with Crippen LogP contribution in [-0.4, -0.2) is 40.6 Å². The van der Waals surface area contributed by atoms with Gasteiger partial charge in [-0.05, 0) is 50.8 Å². The number of carboxylic acid groups (broad SMARTS) is 1. The van der Waals surface area contributed by atoms with Crippen molar-refractivity contribution in [1.82, 2.24) is 4.90 Å². The standard InChI is InChI=1S/C16H21NO4/c1-10-4-5-11(2)14(8-10)21-9-15(18)17(13-6-7-13)12(3)16(19)20/h4-5,8,12-13H,6-7,9H2,1-3H3,(H,19,20). The molecule has 2 rings (SSSR count). The van der Waals surface area contributed by atoms with Gasteiger partial charge in [0.25, 0.3) is 5.91 Å². The SMILES string of the molecule is Cc1ccc(C)c(OCC(=O)N(C2CC2)C(C)C(=O)O)c1. The third-order valence-corrected chi connectivity index (χ3v) is 3.70. The summed E-state index contributed by atoms with van der Waals surface area (Å²) in [4.78, 5) is 24.8. The van der Waals surface area contributed by atoms with E-state index in [0.29, 0.717) is 5.75 Å². The lowest BCUT2D eigenvalue weighted by molar-refractivity contribution is -0.150. The van der Waals surface area contributed by atoms with E-state index in [0.717, 1.165) is 24.0 Å². The Labute approximate surface area is 124 Å². The summed E-state index contributed by atoms with van der Waals surface area (Å²) in [6, 6.07) is 5.03. The molecule has 0 aliphatic heterocycles. The van der Waals surface area contributed by atoms with Crippen LogP contribution in [0.3, 0.4) is 0 Å². The highest BCUT2D eigenvalue weighted by Gasteiger charge is 2.38. The Morgan fingerprint density at radius 3 is 2.62 bits per heavy atom. The quantitative estimate of drug-likeness (QED) is 0.872. The molecule has 1 fully saturated rings. The summed E-state index contributed by atoms with van der Waals surface area (Å²) >= 11 is 0. The first-order valence-electron chi connectivity index (χ1n) is 7.14. The molecule has 0 radical (unpaired) electrons. The number of nitrogens with zero attached hydrogens (tertiary/aromatic N) is 1. The lowest BCUT2D eigenvalue weighted by Gasteiger charge is -2.26. The van der Waals surface area contributed by atoms with E-state index in [1.54, 1.807) is 0 Å². The lowest BCUT2D eigenvalue weighted by atomic mass is 10.1. The number of rotatable bonds is 6. The molecule has 1 N–H and O–H groups in total. The van der Waals surface area contributed by atoms with Gasteiger partial charge in [-0.25, -0.2) is 4.79 Å². The molecule has 1 aliphatic carbocycles. The first kappa shape index (κ1) is 15.4. The normalized spacial score (nSPS) is 15.4. The fourth-order valence-electron chi connectivity index (χ4n) is 2.28. The average Bonchev–Trinajstić information content (AvgIpc) is 3.24. The summed E-state index contributed by atoms with van der Waals surface area (Å²) in [5, 5.41) is 9.11. The fraction of sp³-hybridized carbons (Fsp3) is 0.500. The van der Waals surface area contributed by atoms with Crippen molar-refractivity contribution in [2.45, 2.75) is 45.7 Å². The van der Waals surface area contributed by atoms with Crippen LogP contribution >= 0.6 is 0 Å². The number of aryl methyl sites for hydroxylation is 2. The van der Waals surface area contributed by atoms with Gasteiger partial charge in [0.2, 0.25) is 0 Å². The number of carbonyl (C=O) groups excluding carboxylic acids is 1. The molecule has 1 amide bonds. The summed E-state index contributed by atoms with van der Waals surface area (Å²) in [6.07, 6.45) is 1.74. The molecule has 0 saturated heterocycles. The molecule has 1 unspecified atom stereocenters. The zero-order valence-corrected chi connectivity index (χ0v) is 12.6. The van der Waals surface area contributed by atoms with Crippen molar-refractivity contribution in [2.75, 3.05) is 6.61 Å². The Morgan fingerprint density at radius 1 is 1.38 bits per heavy atom. The molecule has 1 saturated carbocycles. The number of ether oxygens (including phenoxy) is 1. The molecule has 114 valence electrons. The molecule has 1 aliphatic rings. The highest BCUT2D eigenvalue weighted by molar-refractivity contribution is 5.84.